The van der Waals surface area contributed by atoms with Crippen LogP contribution in [-0.4, -0.2) is 59.6 Å². The number of nitrogens with one attached hydrogen (secondary N) is 1. The van der Waals surface area contributed by atoms with Gasteiger partial charge >= 0.3 is 0 Å². The van der Waals surface area contributed by atoms with Crippen LogP contribution in [0, 0.1) is 10.1 Å². The molecule has 2 aromatic rings. The molecule has 32 heavy (non-hydrogen) atoms. The maximum absolute atomic E-state index is 12.3. The Morgan fingerprint density at radius 2 is 1.78 bits per heavy atom. The molecule has 0 fully saturated rings. The monoisotopic (exact) mass is 466 g/mol. The smallest absolute Gasteiger partial charge is 0.271 e. The Morgan fingerprint density at radius 1 is 1.16 bits per heavy atom. The van der Waals surface area contributed by atoms with E-state index in [1.54, 1.807) is 12.1 Å². The number of carbonyl (C=O) groups excluding carboxylic acids is 1. The van der Waals surface area contributed by atoms with Crippen LogP contribution in [0.1, 0.15) is 5.56 Å². The maximum atomic E-state index is 12.3. The molecule has 0 aliphatic rings. The number of rotatable bonds is 10. The normalized spacial score (nSPS) is 11.1. The van der Waals surface area contributed by atoms with Gasteiger partial charge < -0.3 is 14.2 Å². The Kier molecular flexibility index (Phi) is 7.96. The summed E-state index contributed by atoms with van der Waals surface area (Å²) in [6.45, 7) is -0.632. The lowest BCUT2D eigenvalue weighted by Gasteiger charge is -2.21. The third-order valence-corrected chi connectivity index (χ3v) is 5.25. The van der Waals surface area contributed by atoms with Crippen LogP contribution in [-0.2, 0) is 14.8 Å². The predicted octanol–water partition coefficient (Wildman–Crippen LogP) is 1.54. The maximum Gasteiger partial charge on any atom is 0.271 e. The summed E-state index contributed by atoms with van der Waals surface area (Å²) in [5.41, 5.74) is 2.40. The molecule has 12 nitrogen and oxygen atoms in total. The lowest BCUT2D eigenvalue weighted by atomic mass is 10.2. The highest BCUT2D eigenvalue weighted by Crippen LogP contribution is 2.37. The number of hydrogen-bond donors (Lipinski definition) is 1. The number of ether oxygens (including phenoxy) is 3. The van der Waals surface area contributed by atoms with Crippen LogP contribution in [0.25, 0.3) is 0 Å². The van der Waals surface area contributed by atoms with E-state index in [0.717, 1.165) is 16.6 Å². The van der Waals surface area contributed by atoms with E-state index in [4.69, 9.17) is 14.2 Å². The molecule has 13 heteroatoms. The summed E-state index contributed by atoms with van der Waals surface area (Å²) < 4.78 is 40.7. The van der Waals surface area contributed by atoms with Crippen LogP contribution < -0.4 is 23.9 Å². The first kappa shape index (κ1) is 24.4. The molecular weight excluding hydrogens is 444 g/mol. The number of nitrogens with zero attached hydrogens (tertiary/aromatic N) is 3. The number of nitro groups is 1. The average molecular weight is 466 g/mol. The zero-order valence-electron chi connectivity index (χ0n) is 17.8. The van der Waals surface area contributed by atoms with Crippen molar-refractivity contribution in [1.82, 2.24) is 5.43 Å². The van der Waals surface area contributed by atoms with Gasteiger partial charge in [-0.3, -0.25) is 19.2 Å². The number of hydrazone groups is 1. The van der Waals surface area contributed by atoms with Crippen LogP contribution in [0.15, 0.2) is 41.5 Å². The molecule has 0 aliphatic carbocycles. The van der Waals surface area contributed by atoms with Crippen LogP contribution in [0.5, 0.6) is 17.2 Å². The van der Waals surface area contributed by atoms with Gasteiger partial charge in [0.2, 0.25) is 15.8 Å². The first-order valence-corrected chi connectivity index (χ1v) is 10.8. The van der Waals surface area contributed by atoms with Crippen LogP contribution >= 0.6 is 0 Å². The Balaban J connectivity index is 2.19. The number of benzene rings is 2. The van der Waals surface area contributed by atoms with Crippen LogP contribution in [0.3, 0.4) is 0 Å². The van der Waals surface area contributed by atoms with Gasteiger partial charge in [0.1, 0.15) is 6.54 Å². The predicted molar refractivity (Wildman–Crippen MR) is 117 cm³/mol. The van der Waals surface area contributed by atoms with Crippen molar-refractivity contribution in [1.29, 1.82) is 0 Å². The zero-order chi connectivity index (χ0) is 23.9. The van der Waals surface area contributed by atoms with Gasteiger partial charge in [0.25, 0.3) is 11.6 Å². The summed E-state index contributed by atoms with van der Waals surface area (Å²) in [4.78, 5) is 22.6. The van der Waals surface area contributed by atoms with Crippen molar-refractivity contribution in [2.75, 3.05) is 38.4 Å². The van der Waals surface area contributed by atoms with Crippen molar-refractivity contribution in [2.45, 2.75) is 0 Å². The number of carbonyl (C=O) groups is 1. The topological polar surface area (TPSA) is 150 Å². The van der Waals surface area contributed by atoms with E-state index in [-0.39, 0.29) is 11.4 Å². The fourth-order valence-electron chi connectivity index (χ4n) is 2.68. The molecule has 0 unspecified atom stereocenters. The Morgan fingerprint density at radius 3 is 2.28 bits per heavy atom. The molecule has 0 atom stereocenters. The minimum absolute atomic E-state index is 0.0227. The highest BCUT2D eigenvalue weighted by Gasteiger charge is 2.22. The third-order valence-electron chi connectivity index (χ3n) is 4.11. The summed E-state index contributed by atoms with van der Waals surface area (Å²) >= 11 is 0. The molecule has 0 saturated carbocycles. The number of sulfonamides is 1. The van der Waals surface area contributed by atoms with E-state index in [0.29, 0.717) is 22.8 Å². The van der Waals surface area contributed by atoms with Crippen molar-refractivity contribution in [3.8, 4) is 17.2 Å². The molecular formula is C19H22N4O8S. The van der Waals surface area contributed by atoms with E-state index in [1.807, 2.05) is 0 Å². The zero-order valence-corrected chi connectivity index (χ0v) is 18.6. The second kappa shape index (κ2) is 10.4. The molecule has 1 N–H and O–H groups in total. The lowest BCUT2D eigenvalue weighted by Crippen LogP contribution is -2.39. The minimum Gasteiger partial charge on any atom is -0.493 e. The van der Waals surface area contributed by atoms with Gasteiger partial charge in [-0.15, -0.1) is 0 Å². The largest absolute Gasteiger partial charge is 0.493 e. The summed E-state index contributed by atoms with van der Waals surface area (Å²) in [5.74, 6) is 0.393. The van der Waals surface area contributed by atoms with Gasteiger partial charge in [0, 0.05) is 17.7 Å². The van der Waals surface area contributed by atoms with Crippen molar-refractivity contribution in [3.63, 3.8) is 0 Å². The second-order valence-corrected chi connectivity index (χ2v) is 8.21. The standard InChI is InChI=1S/C19H22N4O8S/c1-29-16-8-13(9-17(30-2)19(16)31-3)11-20-21-18(24)12-22(32(4,27)28)14-6-5-7-15(10-14)23(25)26/h5-11H,12H2,1-4H3,(H,21,24)/b20-11-. The molecule has 0 bridgehead atoms. The van der Waals surface area contributed by atoms with Gasteiger partial charge in [-0.1, -0.05) is 6.07 Å². The van der Waals surface area contributed by atoms with Crippen LogP contribution in [0.4, 0.5) is 11.4 Å². The van der Waals surface area contributed by atoms with Crippen molar-refractivity contribution < 1.29 is 32.3 Å². The fourth-order valence-corrected chi connectivity index (χ4v) is 3.53. The van der Waals surface area contributed by atoms with E-state index in [9.17, 15) is 23.3 Å². The quantitative estimate of drug-likeness (QED) is 0.315. The van der Waals surface area contributed by atoms with E-state index < -0.39 is 27.4 Å². The highest BCUT2D eigenvalue weighted by atomic mass is 32.2. The summed E-state index contributed by atoms with van der Waals surface area (Å²) in [6, 6.07) is 8.15. The number of hydrogen-bond acceptors (Lipinski definition) is 9. The molecule has 0 radical (unpaired) electrons. The molecule has 1 amide bonds. The van der Waals surface area contributed by atoms with Gasteiger partial charge in [0.05, 0.1) is 44.4 Å². The second-order valence-electron chi connectivity index (χ2n) is 6.30. The van der Waals surface area contributed by atoms with Gasteiger partial charge in [0.15, 0.2) is 11.5 Å². The number of non-ortho nitro benzene ring substituents is 1. The average Bonchev–Trinajstić information content (AvgIpc) is 2.75. The molecule has 0 saturated heterocycles. The fraction of sp³-hybridized carbons (Fsp3) is 0.263. The number of amides is 1. The summed E-state index contributed by atoms with van der Waals surface area (Å²) in [5, 5.41) is 14.8. The molecule has 0 spiro atoms. The highest BCUT2D eigenvalue weighted by molar-refractivity contribution is 7.92. The molecule has 0 heterocycles. The van der Waals surface area contributed by atoms with Gasteiger partial charge in [-0.05, 0) is 18.2 Å². The van der Waals surface area contributed by atoms with Crippen molar-refractivity contribution in [2.24, 2.45) is 5.10 Å². The minimum atomic E-state index is -3.91. The van der Waals surface area contributed by atoms with E-state index >= 15 is 0 Å². The SMILES string of the molecule is COc1cc(/C=N\NC(=O)CN(c2cccc([N+](=O)[O-])c2)S(C)(=O)=O)cc(OC)c1OC. The summed E-state index contributed by atoms with van der Waals surface area (Å²) in [7, 11) is 0.458. The summed E-state index contributed by atoms with van der Waals surface area (Å²) in [6.07, 6.45) is 2.19. The lowest BCUT2D eigenvalue weighted by molar-refractivity contribution is -0.384. The number of nitro benzene ring substituents is 1. The first-order chi connectivity index (χ1) is 15.1. The van der Waals surface area contributed by atoms with Gasteiger partial charge in [-0.2, -0.15) is 5.10 Å². The van der Waals surface area contributed by atoms with E-state index in [1.165, 1.54) is 45.7 Å². The molecule has 2 aromatic carbocycles. The molecule has 0 aliphatic heterocycles. The first-order valence-electron chi connectivity index (χ1n) is 8.94. The van der Waals surface area contributed by atoms with Crippen LogP contribution in [0.2, 0.25) is 0 Å². The third kappa shape index (κ3) is 6.07. The molecule has 172 valence electrons. The number of methoxy groups -OCH3 is 3. The Bertz CT molecular complexity index is 1110. The van der Waals surface area contributed by atoms with E-state index in [2.05, 4.69) is 10.5 Å². The molecule has 0 aromatic heterocycles. The molecule has 2 rings (SSSR count). The van der Waals surface area contributed by atoms with Crippen molar-refractivity contribution in [3.05, 3.63) is 52.1 Å². The van der Waals surface area contributed by atoms with Gasteiger partial charge in [-0.25, -0.2) is 13.8 Å². The number of anilines is 1. The van der Waals surface area contributed by atoms with Crippen molar-refractivity contribution >= 4 is 33.5 Å². The Labute approximate surface area is 184 Å². The Hall–Kier alpha value is -3.87.